The van der Waals surface area contributed by atoms with Crippen molar-refractivity contribution in [3.8, 4) is 0 Å². The molecule has 0 aromatic heterocycles. The first-order valence-corrected chi connectivity index (χ1v) is 12.5. The Bertz CT molecular complexity index is 1020. The van der Waals surface area contributed by atoms with E-state index in [0.717, 1.165) is 44.7 Å². The summed E-state index contributed by atoms with van der Waals surface area (Å²) in [6, 6.07) is 16.5. The molecule has 0 aliphatic carbocycles. The Morgan fingerprint density at radius 1 is 0.971 bits per heavy atom. The highest BCUT2D eigenvalue weighted by molar-refractivity contribution is 5.69. The molecule has 35 heavy (non-hydrogen) atoms. The number of carbonyl (C=O) groups excluding carboxylic acids is 2. The molecule has 2 aliphatic rings. The van der Waals surface area contributed by atoms with Gasteiger partial charge in [0.25, 0.3) is 0 Å². The minimum atomic E-state index is -0.262. The van der Waals surface area contributed by atoms with E-state index in [9.17, 15) is 9.59 Å². The number of nitrogens with zero attached hydrogens (tertiary/aromatic N) is 3. The van der Waals surface area contributed by atoms with Crippen LogP contribution in [0.15, 0.2) is 48.5 Å². The maximum Gasteiger partial charge on any atom is 0.410 e. The van der Waals surface area contributed by atoms with Gasteiger partial charge in [-0.15, -0.1) is 0 Å². The number of anilines is 1. The molecule has 1 fully saturated rings. The van der Waals surface area contributed by atoms with Gasteiger partial charge in [0.05, 0.1) is 13.5 Å². The zero-order chi connectivity index (χ0) is 24.8. The van der Waals surface area contributed by atoms with E-state index in [2.05, 4.69) is 41.8 Å². The van der Waals surface area contributed by atoms with Gasteiger partial charge in [-0.3, -0.25) is 9.69 Å². The van der Waals surface area contributed by atoms with Gasteiger partial charge in [0.2, 0.25) is 0 Å². The second kappa shape index (κ2) is 11.1. The molecule has 0 unspecified atom stereocenters. The van der Waals surface area contributed by atoms with Gasteiger partial charge in [0, 0.05) is 51.5 Å². The van der Waals surface area contributed by atoms with Crippen LogP contribution in [0.5, 0.6) is 0 Å². The number of esters is 1. The first kappa shape index (κ1) is 25.0. The van der Waals surface area contributed by atoms with Crippen molar-refractivity contribution in [3.05, 3.63) is 65.2 Å². The van der Waals surface area contributed by atoms with Crippen molar-refractivity contribution < 1.29 is 19.1 Å². The molecular weight excluding hydrogens is 442 g/mol. The molecule has 0 spiro atoms. The molecule has 2 aliphatic heterocycles. The summed E-state index contributed by atoms with van der Waals surface area (Å²) in [4.78, 5) is 30.9. The fourth-order valence-corrected chi connectivity index (χ4v) is 4.95. The maximum absolute atomic E-state index is 13.0. The lowest BCUT2D eigenvalue weighted by molar-refractivity contribution is -0.141. The summed E-state index contributed by atoms with van der Waals surface area (Å²) in [6.07, 6.45) is 1.06. The van der Waals surface area contributed by atoms with E-state index >= 15 is 0 Å². The summed E-state index contributed by atoms with van der Waals surface area (Å²) in [5.41, 5.74) is 4.65. The molecule has 0 N–H and O–H groups in total. The summed E-state index contributed by atoms with van der Waals surface area (Å²) in [6.45, 7) is 10.4. The number of rotatable bonds is 6. The third-order valence-corrected chi connectivity index (χ3v) is 7.25. The molecule has 2 aromatic carbocycles. The number of benzene rings is 2. The minimum absolute atomic E-state index is 0.0189. The Morgan fingerprint density at radius 3 is 2.43 bits per heavy atom. The molecule has 0 atom stereocenters. The van der Waals surface area contributed by atoms with Crippen molar-refractivity contribution in [1.29, 1.82) is 0 Å². The van der Waals surface area contributed by atoms with Crippen LogP contribution in [0.1, 0.15) is 43.4 Å². The van der Waals surface area contributed by atoms with E-state index in [0.29, 0.717) is 19.5 Å². The van der Waals surface area contributed by atoms with Crippen LogP contribution in [0.3, 0.4) is 0 Å². The number of hydrogen-bond donors (Lipinski definition) is 0. The van der Waals surface area contributed by atoms with Crippen LogP contribution >= 0.6 is 0 Å². The number of fused-ring (bicyclic) bond motifs is 1. The quantitative estimate of drug-likeness (QED) is 0.579. The number of methoxy groups -OCH3 is 1. The minimum Gasteiger partial charge on any atom is -0.469 e. The first-order valence-electron chi connectivity index (χ1n) is 12.5. The zero-order valence-electron chi connectivity index (χ0n) is 21.2. The average Bonchev–Trinajstić information content (AvgIpc) is 3.02. The zero-order valence-corrected chi connectivity index (χ0v) is 21.2. The number of carbonyl (C=O) groups is 2. The Labute approximate surface area is 208 Å². The van der Waals surface area contributed by atoms with Crippen molar-refractivity contribution in [3.63, 3.8) is 0 Å². The molecule has 7 heteroatoms. The molecule has 7 nitrogen and oxygen atoms in total. The van der Waals surface area contributed by atoms with Crippen LogP contribution in [-0.2, 0) is 32.8 Å². The van der Waals surface area contributed by atoms with Gasteiger partial charge in [-0.1, -0.05) is 50.2 Å². The van der Waals surface area contributed by atoms with Crippen LogP contribution in [0.4, 0.5) is 10.5 Å². The van der Waals surface area contributed by atoms with Crippen LogP contribution < -0.4 is 4.90 Å². The van der Waals surface area contributed by atoms with Crippen LogP contribution in [0, 0.1) is 0 Å². The van der Waals surface area contributed by atoms with Crippen LogP contribution in [0.2, 0.25) is 0 Å². The fourth-order valence-electron chi connectivity index (χ4n) is 4.95. The number of hydrogen-bond acceptors (Lipinski definition) is 6. The molecule has 2 aromatic rings. The van der Waals surface area contributed by atoms with Crippen LogP contribution in [0.25, 0.3) is 0 Å². The summed E-state index contributed by atoms with van der Waals surface area (Å²) < 4.78 is 10.4. The predicted octanol–water partition coefficient (Wildman–Crippen LogP) is 4.19. The highest BCUT2D eigenvalue weighted by Gasteiger charge is 2.31. The summed E-state index contributed by atoms with van der Waals surface area (Å²) >= 11 is 0. The van der Waals surface area contributed by atoms with E-state index < -0.39 is 0 Å². The molecule has 188 valence electrons. The van der Waals surface area contributed by atoms with Crippen molar-refractivity contribution in [2.24, 2.45) is 0 Å². The highest BCUT2D eigenvalue weighted by atomic mass is 16.6. The van der Waals surface area contributed by atoms with Gasteiger partial charge in [-0.2, -0.15) is 0 Å². The Balaban J connectivity index is 1.42. The van der Waals surface area contributed by atoms with Crippen molar-refractivity contribution in [2.75, 3.05) is 51.3 Å². The second-order valence-corrected chi connectivity index (χ2v) is 10.1. The highest BCUT2D eigenvalue weighted by Crippen LogP contribution is 2.36. The Hall–Kier alpha value is -3.06. The van der Waals surface area contributed by atoms with Crippen molar-refractivity contribution in [1.82, 2.24) is 9.80 Å². The SMILES string of the molecule is COC(=O)CCN1CCN(c2ccc3c(c2)CN(C(=O)OCc2ccccc2)CCC3(C)C)CC1. The van der Waals surface area contributed by atoms with Crippen molar-refractivity contribution in [2.45, 2.75) is 45.3 Å². The molecule has 4 rings (SSSR count). The molecule has 1 amide bonds. The van der Waals surface area contributed by atoms with Gasteiger partial charge in [-0.05, 0) is 40.7 Å². The Kier molecular flexibility index (Phi) is 7.96. The predicted molar refractivity (Wildman–Crippen MR) is 136 cm³/mol. The monoisotopic (exact) mass is 479 g/mol. The summed E-state index contributed by atoms with van der Waals surface area (Å²) in [5.74, 6) is -0.160. The molecule has 0 saturated carbocycles. The molecule has 2 heterocycles. The van der Waals surface area contributed by atoms with Crippen LogP contribution in [-0.4, -0.2) is 68.2 Å². The molecule has 0 radical (unpaired) electrons. The maximum atomic E-state index is 13.0. The lowest BCUT2D eigenvalue weighted by Crippen LogP contribution is -2.47. The first-order chi connectivity index (χ1) is 16.9. The molecule has 1 saturated heterocycles. The lowest BCUT2D eigenvalue weighted by atomic mass is 9.80. The van der Waals surface area contributed by atoms with E-state index in [1.54, 1.807) is 0 Å². The largest absolute Gasteiger partial charge is 0.469 e. The van der Waals surface area contributed by atoms with Gasteiger partial charge < -0.3 is 19.3 Å². The lowest BCUT2D eigenvalue weighted by Gasteiger charge is -2.36. The van der Waals surface area contributed by atoms with Gasteiger partial charge in [-0.25, -0.2) is 4.79 Å². The molecular formula is C28H37N3O4. The summed E-state index contributed by atoms with van der Waals surface area (Å²) in [7, 11) is 1.43. The molecule has 0 bridgehead atoms. The fraction of sp³-hybridized carbons (Fsp3) is 0.500. The smallest absolute Gasteiger partial charge is 0.410 e. The van der Waals surface area contributed by atoms with Crippen molar-refractivity contribution >= 4 is 17.7 Å². The third kappa shape index (κ3) is 6.34. The number of amides is 1. The normalized spacial score (nSPS) is 17.9. The number of piperazine rings is 1. The average molecular weight is 480 g/mol. The van der Waals surface area contributed by atoms with Gasteiger partial charge >= 0.3 is 12.1 Å². The topological polar surface area (TPSA) is 62.3 Å². The van der Waals surface area contributed by atoms with E-state index in [1.807, 2.05) is 35.2 Å². The van der Waals surface area contributed by atoms with E-state index in [1.165, 1.54) is 23.9 Å². The second-order valence-electron chi connectivity index (χ2n) is 10.1. The van der Waals surface area contributed by atoms with E-state index in [4.69, 9.17) is 9.47 Å². The standard InChI is InChI=1S/C28H37N3O4/c1-28(2)12-14-31(27(33)35-21-22-7-5-4-6-8-22)20-23-19-24(9-10-25(23)28)30-17-15-29(16-18-30)13-11-26(32)34-3/h4-10,19H,11-18,20-21H2,1-3H3. The summed E-state index contributed by atoms with van der Waals surface area (Å²) in [5, 5.41) is 0. The van der Waals surface area contributed by atoms with Gasteiger partial charge in [0.1, 0.15) is 6.61 Å². The Morgan fingerprint density at radius 2 is 1.71 bits per heavy atom. The third-order valence-electron chi connectivity index (χ3n) is 7.25. The van der Waals surface area contributed by atoms with Gasteiger partial charge in [0.15, 0.2) is 0 Å². The number of ether oxygens (including phenoxy) is 2. The van der Waals surface area contributed by atoms with E-state index in [-0.39, 0.29) is 24.1 Å².